The number of hydrogen-bond acceptors (Lipinski definition) is 3. The molecule has 0 saturated heterocycles. The van der Waals surface area contributed by atoms with Crippen LogP contribution >= 0.6 is 0 Å². The van der Waals surface area contributed by atoms with Crippen LogP contribution < -0.4 is 5.32 Å². The predicted molar refractivity (Wildman–Crippen MR) is 81.1 cm³/mol. The molecule has 0 bridgehead atoms. The minimum atomic E-state index is -0.444. The molecule has 110 valence electrons. The average Bonchev–Trinajstić information content (AvgIpc) is 2.35. The van der Waals surface area contributed by atoms with Crippen LogP contribution in [0.15, 0.2) is 12.1 Å². The zero-order valence-corrected chi connectivity index (χ0v) is 13.0. The van der Waals surface area contributed by atoms with E-state index in [0.29, 0.717) is 6.54 Å². The number of amides is 1. The fourth-order valence-electron chi connectivity index (χ4n) is 2.48. The monoisotopic (exact) mass is 276 g/mol. The van der Waals surface area contributed by atoms with Gasteiger partial charge in [-0.15, -0.1) is 0 Å². The number of rotatable bonds is 1. The molecular weight excluding hydrogens is 252 g/mol. The van der Waals surface area contributed by atoms with Crippen molar-refractivity contribution in [1.82, 2.24) is 4.90 Å². The number of hydrogen-bond donors (Lipinski definition) is 1. The Morgan fingerprint density at radius 3 is 2.60 bits per heavy atom. The van der Waals surface area contributed by atoms with Crippen molar-refractivity contribution < 1.29 is 9.53 Å². The van der Waals surface area contributed by atoms with Gasteiger partial charge in [0, 0.05) is 25.8 Å². The maximum Gasteiger partial charge on any atom is 0.410 e. The van der Waals surface area contributed by atoms with E-state index < -0.39 is 5.60 Å². The molecule has 4 nitrogen and oxygen atoms in total. The molecule has 0 saturated carbocycles. The van der Waals surface area contributed by atoms with Crippen molar-refractivity contribution in [2.24, 2.45) is 0 Å². The van der Waals surface area contributed by atoms with E-state index in [1.54, 1.807) is 4.90 Å². The molecule has 1 amide bonds. The summed E-state index contributed by atoms with van der Waals surface area (Å²) in [5, 5.41) is 3.19. The zero-order chi connectivity index (χ0) is 14.9. The first-order valence-electron chi connectivity index (χ1n) is 7.08. The molecule has 1 aromatic rings. The van der Waals surface area contributed by atoms with E-state index in [-0.39, 0.29) is 6.09 Å². The van der Waals surface area contributed by atoms with E-state index in [1.807, 2.05) is 27.8 Å². The van der Waals surface area contributed by atoms with Crippen molar-refractivity contribution >= 4 is 11.8 Å². The first-order chi connectivity index (χ1) is 9.30. The van der Waals surface area contributed by atoms with Crippen molar-refractivity contribution in [3.8, 4) is 0 Å². The number of benzene rings is 1. The smallest absolute Gasteiger partial charge is 0.410 e. The molecule has 1 aliphatic heterocycles. The molecule has 2 rings (SSSR count). The Morgan fingerprint density at radius 2 is 2.00 bits per heavy atom. The van der Waals surface area contributed by atoms with Gasteiger partial charge in [-0.05, 0) is 56.9 Å². The number of fused-ring (bicyclic) bond motifs is 1. The van der Waals surface area contributed by atoms with Gasteiger partial charge in [0.2, 0.25) is 0 Å². The number of anilines is 1. The highest BCUT2D eigenvalue weighted by atomic mass is 16.6. The van der Waals surface area contributed by atoms with Crippen LogP contribution in [0.1, 0.15) is 37.5 Å². The molecule has 0 spiro atoms. The summed E-state index contributed by atoms with van der Waals surface area (Å²) in [6.45, 7) is 9.13. The van der Waals surface area contributed by atoms with Crippen molar-refractivity contribution in [2.45, 2.75) is 46.3 Å². The molecule has 20 heavy (non-hydrogen) atoms. The molecule has 1 heterocycles. The van der Waals surface area contributed by atoms with Gasteiger partial charge >= 0.3 is 6.09 Å². The highest BCUT2D eigenvalue weighted by Gasteiger charge is 2.26. The van der Waals surface area contributed by atoms with E-state index in [2.05, 4.69) is 24.4 Å². The lowest BCUT2D eigenvalue weighted by Crippen LogP contribution is -2.39. The van der Waals surface area contributed by atoms with E-state index in [0.717, 1.165) is 18.7 Å². The summed E-state index contributed by atoms with van der Waals surface area (Å²) >= 11 is 0. The van der Waals surface area contributed by atoms with Crippen LogP contribution in [0.2, 0.25) is 0 Å². The van der Waals surface area contributed by atoms with Gasteiger partial charge in [0.05, 0.1) is 0 Å². The molecule has 0 radical (unpaired) electrons. The Hall–Kier alpha value is -1.71. The molecule has 0 unspecified atom stereocenters. The molecule has 0 fully saturated rings. The molecule has 1 aliphatic rings. The predicted octanol–water partition coefficient (Wildman–Crippen LogP) is 3.33. The van der Waals surface area contributed by atoms with Crippen molar-refractivity contribution in [2.75, 3.05) is 18.9 Å². The summed E-state index contributed by atoms with van der Waals surface area (Å²) in [6.07, 6.45) is 0.661. The molecule has 4 heteroatoms. The summed E-state index contributed by atoms with van der Waals surface area (Å²) in [7, 11) is 1.92. The summed E-state index contributed by atoms with van der Waals surface area (Å²) < 4.78 is 5.44. The van der Waals surface area contributed by atoms with Gasteiger partial charge in [0.25, 0.3) is 0 Å². The minimum Gasteiger partial charge on any atom is -0.444 e. The third-order valence-electron chi connectivity index (χ3n) is 3.48. The van der Waals surface area contributed by atoms with Gasteiger partial charge in [-0.3, -0.25) is 0 Å². The van der Waals surface area contributed by atoms with Gasteiger partial charge in [0.1, 0.15) is 5.60 Å². The Morgan fingerprint density at radius 1 is 1.30 bits per heavy atom. The van der Waals surface area contributed by atoms with E-state index >= 15 is 0 Å². The third kappa shape index (κ3) is 3.24. The topological polar surface area (TPSA) is 41.6 Å². The van der Waals surface area contributed by atoms with Crippen LogP contribution in [0.3, 0.4) is 0 Å². The molecule has 1 aromatic carbocycles. The second-order valence-electron chi connectivity index (χ2n) is 6.34. The Bertz CT molecular complexity index is 518. The maximum absolute atomic E-state index is 12.1. The lowest BCUT2D eigenvalue weighted by atomic mass is 9.96. The zero-order valence-electron chi connectivity index (χ0n) is 13.0. The van der Waals surface area contributed by atoms with Crippen LogP contribution in [0.4, 0.5) is 10.5 Å². The number of nitrogens with zero attached hydrogens (tertiary/aromatic N) is 1. The van der Waals surface area contributed by atoms with E-state index in [4.69, 9.17) is 4.74 Å². The highest BCUT2D eigenvalue weighted by Crippen LogP contribution is 2.26. The summed E-state index contributed by atoms with van der Waals surface area (Å²) in [5.74, 6) is 0. The van der Waals surface area contributed by atoms with Crippen LogP contribution in [0.25, 0.3) is 0 Å². The second kappa shape index (κ2) is 5.35. The Balaban J connectivity index is 2.16. The quantitative estimate of drug-likeness (QED) is 0.855. The van der Waals surface area contributed by atoms with Gasteiger partial charge < -0.3 is 15.0 Å². The molecule has 1 N–H and O–H groups in total. The normalized spacial score (nSPS) is 14.8. The Kier molecular flexibility index (Phi) is 3.93. The highest BCUT2D eigenvalue weighted by molar-refractivity contribution is 5.69. The first-order valence-corrected chi connectivity index (χ1v) is 7.08. The molecule has 0 aromatic heterocycles. The van der Waals surface area contributed by atoms with Crippen molar-refractivity contribution in [3.05, 3.63) is 28.8 Å². The molecule has 0 aliphatic carbocycles. The van der Waals surface area contributed by atoms with E-state index in [1.165, 1.54) is 16.7 Å². The lowest BCUT2D eigenvalue weighted by molar-refractivity contribution is 0.0224. The van der Waals surface area contributed by atoms with E-state index in [9.17, 15) is 4.79 Å². The first kappa shape index (κ1) is 14.7. The number of carbonyl (C=O) groups excluding carboxylic acids is 1. The largest absolute Gasteiger partial charge is 0.444 e. The van der Waals surface area contributed by atoms with Crippen molar-refractivity contribution in [1.29, 1.82) is 0 Å². The summed E-state index contributed by atoms with van der Waals surface area (Å²) in [6, 6.07) is 4.36. The SMILES string of the molecule is CNc1cc2c(cc1C)CCN(C(=O)OC(C)(C)C)C2. The number of carbonyl (C=O) groups is 1. The fourth-order valence-corrected chi connectivity index (χ4v) is 2.48. The molecule has 0 atom stereocenters. The Labute approximate surface area is 121 Å². The number of nitrogens with one attached hydrogen (secondary N) is 1. The fraction of sp³-hybridized carbons (Fsp3) is 0.562. The number of aryl methyl sites for hydroxylation is 1. The van der Waals surface area contributed by atoms with Gasteiger partial charge in [-0.25, -0.2) is 4.79 Å². The second-order valence-corrected chi connectivity index (χ2v) is 6.34. The van der Waals surface area contributed by atoms with Gasteiger partial charge in [-0.1, -0.05) is 6.07 Å². The van der Waals surface area contributed by atoms with Crippen LogP contribution in [0.5, 0.6) is 0 Å². The number of ether oxygens (including phenoxy) is 1. The van der Waals surface area contributed by atoms with Gasteiger partial charge in [0.15, 0.2) is 0 Å². The summed E-state index contributed by atoms with van der Waals surface area (Å²) in [5.41, 5.74) is 4.46. The van der Waals surface area contributed by atoms with Crippen LogP contribution in [0, 0.1) is 6.92 Å². The standard InChI is InChI=1S/C16H24N2O2/c1-11-8-12-6-7-18(15(19)20-16(2,3)4)10-13(12)9-14(11)17-5/h8-9,17H,6-7,10H2,1-5H3. The average molecular weight is 276 g/mol. The third-order valence-corrected chi connectivity index (χ3v) is 3.48. The minimum absolute atomic E-state index is 0.227. The van der Waals surface area contributed by atoms with Gasteiger partial charge in [-0.2, -0.15) is 0 Å². The van der Waals surface area contributed by atoms with Crippen LogP contribution in [-0.4, -0.2) is 30.2 Å². The summed E-state index contributed by atoms with van der Waals surface area (Å²) in [4.78, 5) is 13.9. The van der Waals surface area contributed by atoms with Crippen LogP contribution in [-0.2, 0) is 17.7 Å². The van der Waals surface area contributed by atoms with Crippen molar-refractivity contribution in [3.63, 3.8) is 0 Å². The maximum atomic E-state index is 12.1. The molecular formula is C16H24N2O2. The lowest BCUT2D eigenvalue weighted by Gasteiger charge is -2.31.